The molecule has 0 heterocycles. The third-order valence-electron chi connectivity index (χ3n) is 0.471. The second-order valence-electron chi connectivity index (χ2n) is 1.48. The molecule has 1 heteroatoms. The Balaban J connectivity index is -0.0000000800. The zero-order valence-electron chi connectivity index (χ0n) is 5.86. The van der Waals surface area contributed by atoms with Crippen molar-refractivity contribution in [3.05, 3.63) is 12.7 Å². The van der Waals surface area contributed by atoms with Gasteiger partial charge in [0.2, 0.25) is 0 Å². The summed E-state index contributed by atoms with van der Waals surface area (Å²) in [5.41, 5.74) is 0. The summed E-state index contributed by atoms with van der Waals surface area (Å²) in [4.78, 5) is 0. The maximum atomic E-state index is 3.56. The van der Waals surface area contributed by atoms with Crippen molar-refractivity contribution in [3.63, 3.8) is 0 Å². The SMILES string of the molecule is C=CC(C)C.[H-].[K+]. The molecule has 0 nitrogen and oxygen atoms in total. The molecule has 0 spiro atoms. The molecule has 0 N–H and O–H groups in total. The van der Waals surface area contributed by atoms with Crippen LogP contribution in [0.5, 0.6) is 0 Å². The number of hydrogen-bond donors (Lipinski definition) is 0. The van der Waals surface area contributed by atoms with Gasteiger partial charge in [0.15, 0.2) is 0 Å². The van der Waals surface area contributed by atoms with E-state index < -0.39 is 0 Å². The molecule has 0 aliphatic heterocycles. The standard InChI is InChI=1S/C5H10.K.H/c1-4-5(2)3;;/h4-5H,1H2,2-3H3;;/q;+1;-1. The molecule has 0 amide bonds. The quantitative estimate of drug-likeness (QED) is 0.298. The van der Waals surface area contributed by atoms with Gasteiger partial charge in [-0.15, -0.1) is 6.58 Å². The molecule has 0 atom stereocenters. The second kappa shape index (κ2) is 6.38. The van der Waals surface area contributed by atoms with Crippen molar-refractivity contribution in [2.75, 3.05) is 0 Å². The largest absolute Gasteiger partial charge is 1.00 e. The van der Waals surface area contributed by atoms with Gasteiger partial charge in [-0.05, 0) is 5.92 Å². The van der Waals surface area contributed by atoms with Crippen LogP contribution in [0.2, 0.25) is 0 Å². The number of rotatable bonds is 1. The Kier molecular flexibility index (Phi) is 11.0. The van der Waals surface area contributed by atoms with Gasteiger partial charge in [0.25, 0.3) is 0 Å². The molecule has 0 aliphatic rings. The van der Waals surface area contributed by atoms with Gasteiger partial charge in [-0.25, -0.2) is 0 Å². The average Bonchev–Trinajstić information content (AvgIpc) is 1.38. The predicted octanol–water partition coefficient (Wildman–Crippen LogP) is -1.06. The first-order valence-electron chi connectivity index (χ1n) is 1.90. The van der Waals surface area contributed by atoms with E-state index in [1.165, 1.54) is 0 Å². The molecule has 6 heavy (non-hydrogen) atoms. The van der Waals surface area contributed by atoms with Crippen molar-refractivity contribution in [2.45, 2.75) is 13.8 Å². The van der Waals surface area contributed by atoms with Gasteiger partial charge in [-0.1, -0.05) is 19.9 Å². The van der Waals surface area contributed by atoms with Gasteiger partial charge in [0, 0.05) is 0 Å². The first kappa shape index (κ1) is 10.4. The minimum atomic E-state index is 0. The van der Waals surface area contributed by atoms with Gasteiger partial charge in [0.1, 0.15) is 0 Å². The van der Waals surface area contributed by atoms with Gasteiger partial charge in [0.05, 0.1) is 0 Å². The Morgan fingerprint density at radius 3 is 1.83 bits per heavy atom. The first-order valence-corrected chi connectivity index (χ1v) is 1.90. The van der Waals surface area contributed by atoms with E-state index in [0.29, 0.717) is 5.92 Å². The molecule has 0 aromatic carbocycles. The molecule has 0 unspecified atom stereocenters. The molecule has 0 fully saturated rings. The Bertz CT molecular complexity index is 35.1. The first-order chi connectivity index (χ1) is 2.27. The van der Waals surface area contributed by atoms with Crippen LogP contribution < -0.4 is 51.4 Å². The van der Waals surface area contributed by atoms with Crippen molar-refractivity contribution < 1.29 is 52.8 Å². The summed E-state index contributed by atoms with van der Waals surface area (Å²) in [7, 11) is 0. The third-order valence-corrected chi connectivity index (χ3v) is 0.471. The molecule has 0 aliphatic carbocycles. The molecule has 0 radical (unpaired) electrons. The van der Waals surface area contributed by atoms with Crippen molar-refractivity contribution >= 4 is 0 Å². The fourth-order valence-electron chi connectivity index (χ4n) is 0. The van der Waals surface area contributed by atoms with Crippen LogP contribution in [0.25, 0.3) is 0 Å². The zero-order valence-corrected chi connectivity index (χ0v) is 7.98. The fourth-order valence-corrected chi connectivity index (χ4v) is 0. The summed E-state index contributed by atoms with van der Waals surface area (Å²) in [6.07, 6.45) is 1.92. The van der Waals surface area contributed by atoms with Gasteiger partial charge in [-0.2, -0.15) is 0 Å². The number of hydrogen-bond acceptors (Lipinski definition) is 0. The summed E-state index contributed by atoms with van der Waals surface area (Å²) < 4.78 is 0. The fraction of sp³-hybridized carbons (Fsp3) is 0.600. The van der Waals surface area contributed by atoms with Crippen LogP contribution in [0.1, 0.15) is 15.3 Å². The molecule has 0 saturated heterocycles. The minimum absolute atomic E-state index is 0. The Hall–Kier alpha value is 1.38. The van der Waals surface area contributed by atoms with E-state index in [2.05, 4.69) is 20.4 Å². The Morgan fingerprint density at radius 1 is 1.67 bits per heavy atom. The molecule has 0 bridgehead atoms. The Labute approximate surface area is 83.9 Å². The average molecular weight is 110 g/mol. The van der Waals surface area contributed by atoms with Crippen LogP contribution in [-0.2, 0) is 0 Å². The molecule has 32 valence electrons. The van der Waals surface area contributed by atoms with E-state index in [4.69, 9.17) is 0 Å². The van der Waals surface area contributed by atoms with Crippen molar-refractivity contribution in [3.8, 4) is 0 Å². The van der Waals surface area contributed by atoms with E-state index in [1.54, 1.807) is 0 Å². The summed E-state index contributed by atoms with van der Waals surface area (Å²) in [6, 6.07) is 0. The van der Waals surface area contributed by atoms with E-state index in [9.17, 15) is 0 Å². The minimum Gasteiger partial charge on any atom is -1.00 e. The predicted molar refractivity (Wildman–Crippen MR) is 26.1 cm³/mol. The molecule has 0 saturated carbocycles. The van der Waals surface area contributed by atoms with Gasteiger partial charge >= 0.3 is 51.4 Å². The summed E-state index contributed by atoms with van der Waals surface area (Å²) >= 11 is 0. The Morgan fingerprint density at radius 2 is 1.83 bits per heavy atom. The van der Waals surface area contributed by atoms with Gasteiger partial charge < -0.3 is 1.43 Å². The number of allylic oxidation sites excluding steroid dienone is 1. The van der Waals surface area contributed by atoms with Crippen LogP contribution in [-0.4, -0.2) is 0 Å². The molecular formula is C5H11K. The zero-order chi connectivity index (χ0) is 4.28. The van der Waals surface area contributed by atoms with Crippen LogP contribution in [0.4, 0.5) is 0 Å². The monoisotopic (exact) mass is 110 g/mol. The smallest absolute Gasteiger partial charge is 1.00 e. The molecule has 0 aromatic rings. The van der Waals surface area contributed by atoms with Crippen molar-refractivity contribution in [2.24, 2.45) is 5.92 Å². The normalized spacial score (nSPS) is 7.17. The summed E-state index contributed by atoms with van der Waals surface area (Å²) in [6.45, 7) is 7.77. The van der Waals surface area contributed by atoms with E-state index in [-0.39, 0.29) is 52.8 Å². The van der Waals surface area contributed by atoms with Crippen LogP contribution >= 0.6 is 0 Å². The van der Waals surface area contributed by atoms with Crippen LogP contribution in [0.15, 0.2) is 12.7 Å². The van der Waals surface area contributed by atoms with Crippen molar-refractivity contribution in [1.82, 2.24) is 0 Å². The molecule has 0 rings (SSSR count). The molecule has 0 aromatic heterocycles. The van der Waals surface area contributed by atoms with Crippen molar-refractivity contribution in [1.29, 1.82) is 0 Å². The topological polar surface area (TPSA) is 0 Å². The van der Waals surface area contributed by atoms with E-state index in [1.807, 2.05) is 6.08 Å². The van der Waals surface area contributed by atoms with Crippen LogP contribution in [0.3, 0.4) is 0 Å². The van der Waals surface area contributed by atoms with E-state index >= 15 is 0 Å². The summed E-state index contributed by atoms with van der Waals surface area (Å²) in [5.74, 6) is 0.648. The van der Waals surface area contributed by atoms with Crippen LogP contribution in [0, 0.1) is 5.92 Å². The van der Waals surface area contributed by atoms with E-state index in [0.717, 1.165) is 0 Å². The third kappa shape index (κ3) is 9.03. The maximum Gasteiger partial charge on any atom is 1.00 e. The second-order valence-corrected chi connectivity index (χ2v) is 1.48. The maximum absolute atomic E-state index is 3.56. The summed E-state index contributed by atoms with van der Waals surface area (Å²) in [5, 5.41) is 0. The van der Waals surface area contributed by atoms with Gasteiger partial charge in [-0.3, -0.25) is 0 Å². The molecular weight excluding hydrogens is 99.2 g/mol.